The molecule has 112 valence electrons. The van der Waals surface area contributed by atoms with Gasteiger partial charge in [0.2, 0.25) is 11.8 Å². The summed E-state index contributed by atoms with van der Waals surface area (Å²) in [5.41, 5.74) is -2.01. The van der Waals surface area contributed by atoms with Crippen molar-refractivity contribution in [2.75, 3.05) is 7.11 Å². The van der Waals surface area contributed by atoms with E-state index in [4.69, 9.17) is 0 Å². The van der Waals surface area contributed by atoms with Crippen LogP contribution in [0.25, 0.3) is 0 Å². The molecule has 0 unspecified atom stereocenters. The van der Waals surface area contributed by atoms with Crippen molar-refractivity contribution in [3.63, 3.8) is 0 Å². The van der Waals surface area contributed by atoms with E-state index in [1.54, 1.807) is 0 Å². The molecule has 1 rings (SSSR count). The molecule has 0 aliphatic rings. The van der Waals surface area contributed by atoms with Gasteiger partial charge < -0.3 is 9.47 Å². The fourth-order valence-corrected chi connectivity index (χ4v) is 1.32. The molecular formula is C10H7F6NO3. The van der Waals surface area contributed by atoms with Crippen LogP contribution < -0.4 is 4.74 Å². The van der Waals surface area contributed by atoms with Crippen molar-refractivity contribution in [3.8, 4) is 5.88 Å². The van der Waals surface area contributed by atoms with Crippen molar-refractivity contribution in [1.82, 2.24) is 4.98 Å². The fourth-order valence-electron chi connectivity index (χ4n) is 1.32. The zero-order chi connectivity index (χ0) is 15.5. The second-order valence-corrected chi connectivity index (χ2v) is 3.42. The van der Waals surface area contributed by atoms with Crippen LogP contribution in [0.1, 0.15) is 17.6 Å². The Morgan fingerprint density at radius 2 is 2.00 bits per heavy atom. The number of aromatic nitrogens is 1. The van der Waals surface area contributed by atoms with Gasteiger partial charge >= 0.3 is 12.3 Å². The van der Waals surface area contributed by atoms with Gasteiger partial charge in [-0.3, -0.25) is 4.79 Å². The van der Waals surface area contributed by atoms with Gasteiger partial charge in [0.05, 0.1) is 13.5 Å². The van der Waals surface area contributed by atoms with E-state index in [-0.39, 0.29) is 6.07 Å². The summed E-state index contributed by atoms with van der Waals surface area (Å²) in [5, 5.41) is 0. The highest BCUT2D eigenvalue weighted by atomic mass is 19.4. The smallest absolute Gasteiger partial charge is 0.469 e. The summed E-state index contributed by atoms with van der Waals surface area (Å²) < 4.78 is 82.2. The molecule has 10 heteroatoms. The first-order valence-corrected chi connectivity index (χ1v) is 4.94. The summed E-state index contributed by atoms with van der Waals surface area (Å²) in [5.74, 6) is -4.14. The van der Waals surface area contributed by atoms with Crippen LogP contribution in [0.5, 0.6) is 5.88 Å². The Balaban J connectivity index is 3.34. The van der Waals surface area contributed by atoms with Crippen LogP contribution >= 0.6 is 0 Å². The molecule has 0 fully saturated rings. The summed E-state index contributed by atoms with van der Waals surface area (Å²) in [6, 6.07) is 0.228. The predicted octanol–water partition coefficient (Wildman–Crippen LogP) is 2.77. The molecule has 0 radical (unpaired) electrons. The summed E-state index contributed by atoms with van der Waals surface area (Å²) in [7, 11) is 0.908. The number of alkyl halides is 5. The maximum atomic E-state index is 13.0. The molecule has 0 amide bonds. The van der Waals surface area contributed by atoms with E-state index in [0.29, 0.717) is 0 Å². The highest BCUT2D eigenvalue weighted by Gasteiger charge is 2.35. The molecule has 0 aliphatic heterocycles. The molecule has 0 saturated heterocycles. The predicted molar refractivity (Wildman–Crippen MR) is 51.6 cm³/mol. The van der Waals surface area contributed by atoms with Gasteiger partial charge in [-0.15, -0.1) is 13.2 Å². The second-order valence-electron chi connectivity index (χ2n) is 3.42. The number of rotatable bonds is 4. The molecular weight excluding hydrogens is 296 g/mol. The first-order chi connectivity index (χ1) is 9.14. The molecule has 0 spiro atoms. The number of nitrogens with zero attached hydrogens (tertiary/aromatic N) is 1. The minimum Gasteiger partial charge on any atom is -0.469 e. The fraction of sp³-hybridized carbons (Fsp3) is 0.400. The average molecular weight is 303 g/mol. The van der Waals surface area contributed by atoms with Gasteiger partial charge in [0, 0.05) is 17.2 Å². The van der Waals surface area contributed by atoms with Gasteiger partial charge in [0.15, 0.2) is 0 Å². The Morgan fingerprint density at radius 1 is 1.40 bits per heavy atom. The lowest BCUT2D eigenvalue weighted by Crippen LogP contribution is -2.21. The van der Waals surface area contributed by atoms with Crippen molar-refractivity contribution in [2.24, 2.45) is 0 Å². The van der Waals surface area contributed by atoms with Crippen LogP contribution in [-0.4, -0.2) is 24.4 Å². The van der Waals surface area contributed by atoms with E-state index in [0.717, 1.165) is 7.11 Å². The number of hydrogen-bond acceptors (Lipinski definition) is 4. The topological polar surface area (TPSA) is 48.4 Å². The van der Waals surface area contributed by atoms with Crippen molar-refractivity contribution < 1.29 is 40.6 Å². The number of ether oxygens (including phenoxy) is 2. The third-order valence-corrected chi connectivity index (χ3v) is 2.09. The van der Waals surface area contributed by atoms with E-state index in [1.807, 2.05) is 0 Å². The van der Waals surface area contributed by atoms with Crippen LogP contribution in [0, 0.1) is 5.95 Å². The number of halogens is 6. The maximum Gasteiger partial charge on any atom is 0.574 e. The van der Waals surface area contributed by atoms with Crippen molar-refractivity contribution in [2.45, 2.75) is 19.2 Å². The van der Waals surface area contributed by atoms with E-state index >= 15 is 0 Å². The normalized spacial score (nSPS) is 11.6. The van der Waals surface area contributed by atoms with E-state index in [9.17, 15) is 31.1 Å². The van der Waals surface area contributed by atoms with Gasteiger partial charge in [-0.25, -0.2) is 8.78 Å². The summed E-state index contributed by atoms with van der Waals surface area (Å²) in [4.78, 5) is 13.8. The maximum absolute atomic E-state index is 13.0. The van der Waals surface area contributed by atoms with Crippen LogP contribution in [0.3, 0.4) is 0 Å². The van der Waals surface area contributed by atoms with Crippen LogP contribution in [-0.2, 0) is 16.0 Å². The molecule has 20 heavy (non-hydrogen) atoms. The monoisotopic (exact) mass is 303 g/mol. The minimum atomic E-state index is -5.27. The second kappa shape index (κ2) is 5.97. The summed E-state index contributed by atoms with van der Waals surface area (Å²) in [6.45, 7) is 0. The van der Waals surface area contributed by atoms with E-state index in [1.165, 1.54) is 0 Å². The third-order valence-electron chi connectivity index (χ3n) is 2.09. The lowest BCUT2D eigenvalue weighted by molar-refractivity contribution is -0.276. The van der Waals surface area contributed by atoms with E-state index in [2.05, 4.69) is 14.5 Å². The number of methoxy groups -OCH3 is 1. The van der Waals surface area contributed by atoms with Crippen LogP contribution in [0.15, 0.2) is 6.07 Å². The number of carbonyl (C=O) groups is 1. The molecule has 0 aromatic carbocycles. The number of carbonyl (C=O) groups excluding carboxylic acids is 1. The Bertz CT molecular complexity index is 503. The minimum absolute atomic E-state index is 0.228. The highest BCUT2D eigenvalue weighted by molar-refractivity contribution is 5.73. The largest absolute Gasteiger partial charge is 0.574 e. The zero-order valence-electron chi connectivity index (χ0n) is 9.80. The van der Waals surface area contributed by atoms with Crippen molar-refractivity contribution in [1.29, 1.82) is 0 Å². The SMILES string of the molecule is COC(=O)Cc1c(C(F)F)cc(F)nc1OC(F)(F)F. The molecule has 0 N–H and O–H groups in total. The molecule has 0 atom stereocenters. The molecule has 0 aliphatic carbocycles. The zero-order valence-corrected chi connectivity index (χ0v) is 9.80. The van der Waals surface area contributed by atoms with Crippen molar-refractivity contribution in [3.05, 3.63) is 23.1 Å². The van der Waals surface area contributed by atoms with Crippen LogP contribution in [0.4, 0.5) is 26.3 Å². The Hall–Kier alpha value is -2.00. The van der Waals surface area contributed by atoms with Gasteiger partial charge in [-0.1, -0.05) is 0 Å². The first kappa shape index (κ1) is 16.1. The summed E-state index contributed by atoms with van der Waals surface area (Å²) in [6.07, 6.45) is -9.55. The molecule has 1 aromatic rings. The first-order valence-electron chi connectivity index (χ1n) is 4.94. The Labute approximate surface area is 108 Å². The highest BCUT2D eigenvalue weighted by Crippen LogP contribution is 2.32. The van der Waals surface area contributed by atoms with Gasteiger partial charge in [0.25, 0.3) is 6.43 Å². The molecule has 4 nitrogen and oxygen atoms in total. The quantitative estimate of drug-likeness (QED) is 0.487. The molecule has 0 saturated carbocycles. The Morgan fingerprint density at radius 3 is 2.45 bits per heavy atom. The number of esters is 1. The van der Waals surface area contributed by atoms with Crippen LogP contribution in [0.2, 0.25) is 0 Å². The third kappa shape index (κ3) is 4.28. The number of pyridine rings is 1. The van der Waals surface area contributed by atoms with Gasteiger partial charge in [0.1, 0.15) is 0 Å². The average Bonchev–Trinajstić information content (AvgIpc) is 2.29. The molecule has 1 aromatic heterocycles. The summed E-state index contributed by atoms with van der Waals surface area (Å²) >= 11 is 0. The lowest BCUT2D eigenvalue weighted by Gasteiger charge is -2.15. The van der Waals surface area contributed by atoms with E-state index < -0.39 is 48.1 Å². The van der Waals surface area contributed by atoms with Gasteiger partial charge in [-0.2, -0.15) is 9.37 Å². The van der Waals surface area contributed by atoms with Crippen molar-refractivity contribution >= 4 is 5.97 Å². The lowest BCUT2D eigenvalue weighted by atomic mass is 10.1. The molecule has 1 heterocycles. The molecule has 0 bridgehead atoms. The standard InChI is InChI=1S/C10H7F6NO3/c1-19-7(18)3-5-4(8(12)13)2-6(11)17-9(5)20-10(14,15)16/h2,8H,3H2,1H3. The number of hydrogen-bond donors (Lipinski definition) is 0. The Kier molecular flexibility index (Phi) is 4.79. The van der Waals surface area contributed by atoms with Gasteiger partial charge in [-0.05, 0) is 0 Å².